The number of aliphatic hydroxyl groups excluding tert-OH is 1. The highest BCUT2D eigenvalue weighted by Crippen LogP contribution is 2.20. The minimum absolute atomic E-state index is 0.0360. The van der Waals surface area contributed by atoms with Gasteiger partial charge < -0.3 is 14.6 Å². The standard InChI is InChI=1S/C12H14O4S.C5H8O3/c1-9-2-5-11(6-3-9)17(14,15)8-10-4-7-12(13)16-10;6-3-4-1-2-5(7)8-4/h2-3,5-6,10H,4,7-8H2,1H3;4,6H,1-3H2/t10-;4-/m11/s1. The maximum absolute atomic E-state index is 12.0. The van der Waals surface area contributed by atoms with Gasteiger partial charge in [-0.1, -0.05) is 17.7 Å². The zero-order chi connectivity index (χ0) is 18.4. The molecule has 2 fully saturated rings. The maximum Gasteiger partial charge on any atom is 0.306 e. The Morgan fingerprint density at radius 3 is 1.92 bits per heavy atom. The molecule has 0 amide bonds. The Morgan fingerprint density at radius 1 is 1.00 bits per heavy atom. The van der Waals surface area contributed by atoms with Crippen LogP contribution >= 0.6 is 0 Å². The summed E-state index contributed by atoms with van der Waals surface area (Å²) in [5, 5.41) is 8.41. The molecular weight excluding hydrogens is 348 g/mol. The van der Waals surface area contributed by atoms with Crippen molar-refractivity contribution in [3.8, 4) is 0 Å². The molecule has 0 radical (unpaired) electrons. The van der Waals surface area contributed by atoms with Crippen molar-refractivity contribution in [2.75, 3.05) is 12.4 Å². The molecule has 0 bridgehead atoms. The SMILES string of the molecule is Cc1ccc(S(=O)(=O)C[C@H]2CCC(=O)O2)cc1.O=C1CC[C@H](CO)O1. The van der Waals surface area contributed by atoms with E-state index in [-0.39, 0.29) is 35.3 Å². The number of aliphatic hydroxyl groups is 1. The molecule has 3 rings (SSSR count). The summed E-state index contributed by atoms with van der Waals surface area (Å²) in [7, 11) is -3.36. The van der Waals surface area contributed by atoms with Gasteiger partial charge in [-0.25, -0.2) is 8.42 Å². The summed E-state index contributed by atoms with van der Waals surface area (Å²) >= 11 is 0. The first-order chi connectivity index (χ1) is 11.8. The summed E-state index contributed by atoms with van der Waals surface area (Å²) in [5.41, 5.74) is 1.01. The van der Waals surface area contributed by atoms with Gasteiger partial charge >= 0.3 is 11.9 Å². The van der Waals surface area contributed by atoms with Crippen LogP contribution in [0.2, 0.25) is 0 Å². The number of ether oxygens (including phenoxy) is 2. The van der Waals surface area contributed by atoms with Crippen LogP contribution in [-0.2, 0) is 28.9 Å². The zero-order valence-corrected chi connectivity index (χ0v) is 14.8. The fraction of sp³-hybridized carbons (Fsp3) is 0.529. The van der Waals surface area contributed by atoms with Crippen LogP contribution in [0.25, 0.3) is 0 Å². The van der Waals surface area contributed by atoms with Crippen molar-refractivity contribution in [1.82, 2.24) is 0 Å². The average molecular weight is 370 g/mol. The molecule has 1 aromatic rings. The van der Waals surface area contributed by atoms with Gasteiger partial charge in [0.25, 0.3) is 0 Å². The molecule has 0 spiro atoms. The van der Waals surface area contributed by atoms with Gasteiger partial charge in [0.1, 0.15) is 12.2 Å². The molecule has 2 heterocycles. The normalized spacial score (nSPS) is 22.8. The van der Waals surface area contributed by atoms with Gasteiger partial charge in [-0.2, -0.15) is 0 Å². The number of hydrogen-bond donors (Lipinski definition) is 1. The number of esters is 2. The second kappa shape index (κ2) is 8.44. The van der Waals surface area contributed by atoms with Crippen molar-refractivity contribution in [3.63, 3.8) is 0 Å². The zero-order valence-electron chi connectivity index (χ0n) is 14.0. The van der Waals surface area contributed by atoms with Crippen molar-refractivity contribution in [3.05, 3.63) is 29.8 Å². The van der Waals surface area contributed by atoms with E-state index < -0.39 is 15.9 Å². The Bertz CT molecular complexity index is 709. The molecular formula is C17H22O7S. The molecule has 2 aliphatic heterocycles. The first-order valence-electron chi connectivity index (χ1n) is 8.09. The molecule has 8 heteroatoms. The molecule has 7 nitrogen and oxygen atoms in total. The third-order valence-electron chi connectivity index (χ3n) is 3.93. The number of sulfone groups is 1. The fourth-order valence-electron chi connectivity index (χ4n) is 2.50. The van der Waals surface area contributed by atoms with Crippen LogP contribution < -0.4 is 0 Å². The van der Waals surface area contributed by atoms with E-state index in [0.29, 0.717) is 25.7 Å². The third kappa shape index (κ3) is 5.82. The monoisotopic (exact) mass is 370 g/mol. The lowest BCUT2D eigenvalue weighted by atomic mass is 10.2. The van der Waals surface area contributed by atoms with Crippen LogP contribution in [0.4, 0.5) is 0 Å². The summed E-state index contributed by atoms with van der Waals surface area (Å²) in [6, 6.07) is 6.68. The van der Waals surface area contributed by atoms with Crippen molar-refractivity contribution in [2.45, 2.75) is 49.7 Å². The van der Waals surface area contributed by atoms with Crippen molar-refractivity contribution in [1.29, 1.82) is 0 Å². The van der Waals surface area contributed by atoms with Crippen molar-refractivity contribution in [2.24, 2.45) is 0 Å². The van der Waals surface area contributed by atoms with Gasteiger partial charge in [0.15, 0.2) is 9.84 Å². The number of carbonyl (C=O) groups excluding carboxylic acids is 2. The first-order valence-corrected chi connectivity index (χ1v) is 9.74. The highest BCUT2D eigenvalue weighted by molar-refractivity contribution is 7.91. The first kappa shape index (κ1) is 19.4. The molecule has 2 atom stereocenters. The molecule has 2 saturated heterocycles. The van der Waals surface area contributed by atoms with E-state index in [9.17, 15) is 18.0 Å². The van der Waals surface area contributed by atoms with Gasteiger partial charge in [0.05, 0.1) is 17.3 Å². The van der Waals surface area contributed by atoms with E-state index >= 15 is 0 Å². The maximum atomic E-state index is 12.0. The Kier molecular flexibility index (Phi) is 6.55. The van der Waals surface area contributed by atoms with Gasteiger partial charge in [-0.3, -0.25) is 9.59 Å². The predicted molar refractivity (Wildman–Crippen MR) is 88.5 cm³/mol. The number of benzene rings is 1. The van der Waals surface area contributed by atoms with Crippen LogP contribution in [0.1, 0.15) is 31.2 Å². The molecule has 0 saturated carbocycles. The van der Waals surface area contributed by atoms with Crippen molar-refractivity contribution < 1.29 is 32.6 Å². The Hall–Kier alpha value is -1.93. The lowest BCUT2D eigenvalue weighted by Crippen LogP contribution is -2.20. The molecule has 0 unspecified atom stereocenters. The smallest absolute Gasteiger partial charge is 0.306 e. The summed E-state index contributed by atoms with van der Waals surface area (Å²) in [6.07, 6.45) is 1.23. The predicted octanol–water partition coefficient (Wildman–Crippen LogP) is 1.16. The average Bonchev–Trinajstić information content (AvgIpc) is 3.16. The van der Waals surface area contributed by atoms with E-state index in [1.807, 2.05) is 6.92 Å². The van der Waals surface area contributed by atoms with Crippen LogP contribution in [0.3, 0.4) is 0 Å². The number of rotatable bonds is 4. The largest absolute Gasteiger partial charge is 0.461 e. The molecule has 1 aromatic carbocycles. The minimum Gasteiger partial charge on any atom is -0.461 e. The van der Waals surface area contributed by atoms with Crippen LogP contribution in [0, 0.1) is 6.92 Å². The molecule has 1 N–H and O–H groups in total. The minimum atomic E-state index is -3.36. The Balaban J connectivity index is 0.000000236. The fourth-order valence-corrected chi connectivity index (χ4v) is 3.96. The molecule has 0 aliphatic carbocycles. The van der Waals surface area contributed by atoms with E-state index in [1.54, 1.807) is 24.3 Å². The molecule has 25 heavy (non-hydrogen) atoms. The van der Waals surface area contributed by atoms with Gasteiger partial charge in [-0.15, -0.1) is 0 Å². The number of carbonyl (C=O) groups is 2. The summed E-state index contributed by atoms with van der Waals surface area (Å²) < 4.78 is 33.6. The van der Waals surface area contributed by atoms with Crippen LogP contribution in [0.15, 0.2) is 29.2 Å². The quantitative estimate of drug-likeness (QED) is 0.793. The number of aryl methyl sites for hydroxylation is 1. The number of hydrogen-bond acceptors (Lipinski definition) is 7. The van der Waals surface area contributed by atoms with E-state index in [0.717, 1.165) is 5.56 Å². The molecule has 2 aliphatic rings. The highest BCUT2D eigenvalue weighted by atomic mass is 32.2. The topological polar surface area (TPSA) is 107 Å². The summed E-state index contributed by atoms with van der Waals surface area (Å²) in [5.74, 6) is -0.625. The second-order valence-electron chi connectivity index (χ2n) is 6.08. The summed E-state index contributed by atoms with van der Waals surface area (Å²) in [4.78, 5) is 21.5. The molecule has 0 aromatic heterocycles. The molecule has 138 valence electrons. The second-order valence-corrected chi connectivity index (χ2v) is 8.11. The van der Waals surface area contributed by atoms with Crippen LogP contribution in [0.5, 0.6) is 0 Å². The van der Waals surface area contributed by atoms with Gasteiger partial charge in [0.2, 0.25) is 0 Å². The number of cyclic esters (lactones) is 2. The lowest BCUT2D eigenvalue weighted by Gasteiger charge is -2.10. The Labute approximate surface area is 146 Å². The summed E-state index contributed by atoms with van der Waals surface area (Å²) in [6.45, 7) is 1.86. The van der Waals surface area contributed by atoms with Crippen LogP contribution in [-0.4, -0.2) is 50.0 Å². The van der Waals surface area contributed by atoms with E-state index in [2.05, 4.69) is 4.74 Å². The van der Waals surface area contributed by atoms with E-state index in [4.69, 9.17) is 9.84 Å². The van der Waals surface area contributed by atoms with Gasteiger partial charge in [0, 0.05) is 12.8 Å². The highest BCUT2D eigenvalue weighted by Gasteiger charge is 2.29. The Morgan fingerprint density at radius 2 is 1.52 bits per heavy atom. The lowest BCUT2D eigenvalue weighted by molar-refractivity contribution is -0.143. The van der Waals surface area contributed by atoms with Crippen molar-refractivity contribution >= 4 is 21.8 Å². The van der Waals surface area contributed by atoms with E-state index in [1.165, 1.54) is 0 Å². The van der Waals surface area contributed by atoms with Gasteiger partial charge in [-0.05, 0) is 31.9 Å². The third-order valence-corrected chi connectivity index (χ3v) is 5.73.